The molecule has 0 radical (unpaired) electrons. The van der Waals surface area contributed by atoms with Gasteiger partial charge < -0.3 is 10.6 Å². The van der Waals surface area contributed by atoms with Crippen molar-refractivity contribution >= 4 is 56.5 Å². The van der Waals surface area contributed by atoms with Gasteiger partial charge >= 0.3 is 0 Å². The fourth-order valence-corrected chi connectivity index (χ4v) is 6.21. The summed E-state index contributed by atoms with van der Waals surface area (Å²) in [5, 5.41) is 5.77. The van der Waals surface area contributed by atoms with Crippen molar-refractivity contribution in [1.82, 2.24) is 4.98 Å². The number of carbonyl (C=O) groups excluding carboxylic acids is 2. The summed E-state index contributed by atoms with van der Waals surface area (Å²) in [6.07, 6.45) is 1.14. The van der Waals surface area contributed by atoms with Crippen molar-refractivity contribution in [1.29, 1.82) is 0 Å². The minimum Gasteiger partial charge on any atom is -0.326 e. The fraction of sp³-hybridized carbons (Fsp3) is 0.250. The van der Waals surface area contributed by atoms with Crippen LogP contribution in [0.2, 0.25) is 0 Å². The number of thioether (sulfide) groups is 1. The number of nitrogens with zero attached hydrogens (tertiary/aromatic N) is 1. The van der Waals surface area contributed by atoms with Crippen LogP contribution in [0.5, 0.6) is 0 Å². The van der Waals surface area contributed by atoms with Crippen molar-refractivity contribution in [3.05, 3.63) is 82.9 Å². The van der Waals surface area contributed by atoms with Crippen LogP contribution in [0.25, 0.3) is 10.2 Å². The second kappa shape index (κ2) is 11.1. The molecule has 7 heteroatoms. The molecule has 0 aliphatic carbocycles. The highest BCUT2D eigenvalue weighted by atomic mass is 32.2. The number of aromatic nitrogens is 1. The van der Waals surface area contributed by atoms with Gasteiger partial charge in [0.2, 0.25) is 11.8 Å². The molecule has 180 valence electrons. The van der Waals surface area contributed by atoms with Crippen molar-refractivity contribution < 1.29 is 9.59 Å². The van der Waals surface area contributed by atoms with Crippen LogP contribution in [-0.4, -0.2) is 22.0 Å². The van der Waals surface area contributed by atoms with Crippen molar-refractivity contribution in [2.24, 2.45) is 0 Å². The number of nitrogens with one attached hydrogen (secondary N) is 2. The SMILES string of the molecule is Cc1cc(C)c(NC(=O)[C@H](C)Sc2nc3ccc(NC(=O)CCc4ccccc4)cc3s2)c(C)c1. The smallest absolute Gasteiger partial charge is 0.237 e. The lowest BCUT2D eigenvalue weighted by Crippen LogP contribution is -2.23. The maximum atomic E-state index is 12.9. The lowest BCUT2D eigenvalue weighted by Gasteiger charge is -2.15. The minimum atomic E-state index is -0.298. The molecule has 0 fully saturated rings. The Hall–Kier alpha value is -3.16. The van der Waals surface area contributed by atoms with Crippen molar-refractivity contribution in [2.75, 3.05) is 10.6 Å². The molecule has 0 bridgehead atoms. The number of aryl methyl sites for hydroxylation is 4. The molecule has 2 N–H and O–H groups in total. The van der Waals surface area contributed by atoms with Gasteiger partial charge in [0, 0.05) is 17.8 Å². The third-order valence-electron chi connectivity index (χ3n) is 5.71. The fourth-order valence-electron chi connectivity index (χ4n) is 3.96. The van der Waals surface area contributed by atoms with E-state index in [1.54, 1.807) is 0 Å². The van der Waals surface area contributed by atoms with E-state index in [4.69, 9.17) is 0 Å². The Kier molecular flexibility index (Phi) is 7.88. The first kappa shape index (κ1) is 24.9. The van der Waals surface area contributed by atoms with E-state index < -0.39 is 0 Å². The molecular weight excluding hydrogens is 474 g/mol. The van der Waals surface area contributed by atoms with Crippen LogP contribution < -0.4 is 10.6 Å². The highest BCUT2D eigenvalue weighted by Gasteiger charge is 2.19. The quantitative estimate of drug-likeness (QED) is 0.256. The summed E-state index contributed by atoms with van der Waals surface area (Å²) in [4.78, 5) is 29.9. The van der Waals surface area contributed by atoms with Gasteiger partial charge in [-0.25, -0.2) is 4.98 Å². The second-order valence-corrected chi connectivity index (χ2v) is 11.3. The summed E-state index contributed by atoms with van der Waals surface area (Å²) >= 11 is 2.97. The highest BCUT2D eigenvalue weighted by Crippen LogP contribution is 2.34. The van der Waals surface area contributed by atoms with E-state index in [9.17, 15) is 9.59 Å². The molecule has 0 aliphatic heterocycles. The van der Waals surface area contributed by atoms with Crippen molar-refractivity contribution in [3.63, 3.8) is 0 Å². The normalized spacial score (nSPS) is 11.9. The molecular formula is C28H29N3O2S2. The van der Waals surface area contributed by atoms with Crippen LogP contribution in [0.4, 0.5) is 11.4 Å². The third kappa shape index (κ3) is 6.50. The number of hydrogen-bond donors (Lipinski definition) is 2. The number of amides is 2. The molecule has 1 atom stereocenters. The summed E-state index contributed by atoms with van der Waals surface area (Å²) in [6, 6.07) is 19.9. The summed E-state index contributed by atoms with van der Waals surface area (Å²) in [5.74, 6) is -0.0602. The zero-order valence-corrected chi connectivity index (χ0v) is 22.0. The van der Waals surface area contributed by atoms with Gasteiger partial charge in [-0.15, -0.1) is 11.3 Å². The van der Waals surface area contributed by atoms with E-state index in [1.165, 1.54) is 28.7 Å². The summed E-state index contributed by atoms with van der Waals surface area (Å²) in [5.41, 5.74) is 6.95. The van der Waals surface area contributed by atoms with E-state index in [1.807, 2.05) is 69.3 Å². The zero-order chi connectivity index (χ0) is 24.9. The molecule has 0 spiro atoms. The average Bonchev–Trinajstić information content (AvgIpc) is 3.22. The first-order chi connectivity index (χ1) is 16.8. The zero-order valence-electron chi connectivity index (χ0n) is 20.3. The lowest BCUT2D eigenvalue weighted by molar-refractivity contribution is -0.116. The first-order valence-corrected chi connectivity index (χ1v) is 13.3. The second-order valence-electron chi connectivity index (χ2n) is 8.72. The molecule has 1 aromatic heterocycles. The monoisotopic (exact) mass is 503 g/mol. The standard InChI is InChI=1S/C28H29N3O2S2/c1-17-14-18(2)26(19(3)15-17)31-27(33)20(4)34-28-30-23-12-11-22(16-24(23)35-28)29-25(32)13-10-21-8-6-5-7-9-21/h5-9,11-12,14-16,20H,10,13H2,1-4H3,(H,29,32)(H,31,33)/t20-/m0/s1. The average molecular weight is 504 g/mol. The van der Waals surface area contributed by atoms with Gasteiger partial charge in [-0.3, -0.25) is 9.59 Å². The van der Waals surface area contributed by atoms with Crippen LogP contribution in [-0.2, 0) is 16.0 Å². The maximum absolute atomic E-state index is 12.9. The van der Waals surface area contributed by atoms with Crippen LogP contribution in [0, 0.1) is 20.8 Å². The molecule has 0 aliphatic rings. The van der Waals surface area contributed by atoms with Gasteiger partial charge in [0.1, 0.15) is 0 Å². The Balaban J connectivity index is 1.37. The lowest BCUT2D eigenvalue weighted by atomic mass is 10.1. The summed E-state index contributed by atoms with van der Waals surface area (Å²) in [7, 11) is 0. The summed E-state index contributed by atoms with van der Waals surface area (Å²) in [6.45, 7) is 7.97. The molecule has 0 saturated heterocycles. The number of rotatable bonds is 8. The van der Waals surface area contributed by atoms with Gasteiger partial charge in [0.25, 0.3) is 0 Å². The van der Waals surface area contributed by atoms with E-state index >= 15 is 0 Å². The first-order valence-electron chi connectivity index (χ1n) is 11.6. The van der Waals surface area contributed by atoms with Crippen LogP contribution >= 0.6 is 23.1 Å². The van der Waals surface area contributed by atoms with E-state index in [2.05, 4.69) is 34.7 Å². The van der Waals surface area contributed by atoms with E-state index in [0.717, 1.165) is 42.6 Å². The highest BCUT2D eigenvalue weighted by molar-refractivity contribution is 8.02. The topological polar surface area (TPSA) is 71.1 Å². The Morgan fingerprint density at radius 1 is 0.971 bits per heavy atom. The van der Waals surface area contributed by atoms with E-state index in [0.29, 0.717) is 12.8 Å². The molecule has 4 rings (SSSR count). The van der Waals surface area contributed by atoms with Gasteiger partial charge in [0.15, 0.2) is 4.34 Å². The van der Waals surface area contributed by atoms with Gasteiger partial charge in [-0.2, -0.15) is 0 Å². The molecule has 35 heavy (non-hydrogen) atoms. The van der Waals surface area contributed by atoms with Gasteiger partial charge in [-0.1, -0.05) is 59.8 Å². The predicted octanol–water partition coefficient (Wildman–Crippen LogP) is 6.91. The number of fused-ring (bicyclic) bond motifs is 1. The van der Waals surface area contributed by atoms with Crippen molar-refractivity contribution in [3.8, 4) is 0 Å². The van der Waals surface area contributed by atoms with Crippen molar-refractivity contribution in [2.45, 2.75) is 50.1 Å². The number of anilines is 2. The number of thiazole rings is 1. The molecule has 2 amide bonds. The molecule has 0 saturated carbocycles. The summed E-state index contributed by atoms with van der Waals surface area (Å²) < 4.78 is 1.80. The molecule has 1 heterocycles. The third-order valence-corrected chi connectivity index (χ3v) is 7.92. The minimum absolute atomic E-state index is 0.0145. The Bertz CT molecular complexity index is 1340. The van der Waals surface area contributed by atoms with Gasteiger partial charge in [-0.05, 0) is 69.0 Å². The largest absolute Gasteiger partial charge is 0.326 e. The predicted molar refractivity (Wildman–Crippen MR) is 148 cm³/mol. The van der Waals surface area contributed by atoms with Crippen LogP contribution in [0.3, 0.4) is 0 Å². The van der Waals surface area contributed by atoms with Crippen LogP contribution in [0.1, 0.15) is 35.6 Å². The Labute approximate surface area is 214 Å². The molecule has 0 unspecified atom stereocenters. The molecule has 4 aromatic rings. The van der Waals surface area contributed by atoms with Crippen LogP contribution in [0.15, 0.2) is 65.0 Å². The molecule has 3 aromatic carbocycles. The van der Waals surface area contributed by atoms with E-state index in [-0.39, 0.29) is 17.1 Å². The van der Waals surface area contributed by atoms with Gasteiger partial charge in [0.05, 0.1) is 15.5 Å². The Morgan fingerprint density at radius 2 is 1.69 bits per heavy atom. The maximum Gasteiger partial charge on any atom is 0.237 e. The number of benzene rings is 3. The number of carbonyl (C=O) groups is 2. The molecule has 5 nitrogen and oxygen atoms in total. The number of hydrogen-bond acceptors (Lipinski definition) is 5. The Morgan fingerprint density at radius 3 is 2.40 bits per heavy atom.